The minimum absolute atomic E-state index is 0.130. The van der Waals surface area contributed by atoms with Crippen LogP contribution in [0.4, 0.5) is 9.93 Å². The van der Waals surface area contributed by atoms with Gasteiger partial charge in [-0.2, -0.15) is 0 Å². The number of nitrogens with one attached hydrogen (secondary N) is 2. The second kappa shape index (κ2) is 4.82. The van der Waals surface area contributed by atoms with Crippen LogP contribution >= 0.6 is 11.3 Å². The lowest BCUT2D eigenvalue weighted by Gasteiger charge is -2.26. The molecule has 1 aromatic rings. The number of amides is 2. The number of carbonyl (C=O) groups excluding carboxylic acids is 1. The van der Waals surface area contributed by atoms with Gasteiger partial charge in [0.1, 0.15) is 0 Å². The molecule has 1 heterocycles. The van der Waals surface area contributed by atoms with Crippen LogP contribution in [0.15, 0.2) is 5.38 Å². The van der Waals surface area contributed by atoms with E-state index in [1.54, 1.807) is 0 Å². The highest BCUT2D eigenvalue weighted by molar-refractivity contribution is 7.13. The van der Waals surface area contributed by atoms with E-state index >= 15 is 0 Å². The first-order valence-corrected chi connectivity index (χ1v) is 6.56. The van der Waals surface area contributed by atoms with E-state index in [0.717, 1.165) is 18.5 Å². The summed E-state index contributed by atoms with van der Waals surface area (Å²) in [6, 6.07) is 0.235. The van der Waals surface area contributed by atoms with Crippen LogP contribution in [0.2, 0.25) is 0 Å². The van der Waals surface area contributed by atoms with Crippen LogP contribution in [0.5, 0.6) is 0 Å². The second-order valence-electron chi connectivity index (χ2n) is 4.46. The van der Waals surface area contributed by atoms with Crippen molar-refractivity contribution in [2.45, 2.75) is 45.1 Å². The fourth-order valence-corrected chi connectivity index (χ4v) is 2.35. The molecule has 0 spiro atoms. The zero-order valence-corrected chi connectivity index (χ0v) is 10.4. The molecule has 2 amide bonds. The molecule has 2 N–H and O–H groups in total. The number of carbonyl (C=O) groups is 1. The van der Waals surface area contributed by atoms with Crippen LogP contribution in [0.25, 0.3) is 0 Å². The first kappa shape index (κ1) is 11.4. The van der Waals surface area contributed by atoms with E-state index in [4.69, 9.17) is 0 Å². The average molecular weight is 239 g/mol. The van der Waals surface area contributed by atoms with Gasteiger partial charge in [0.25, 0.3) is 0 Å². The lowest BCUT2D eigenvalue weighted by Crippen LogP contribution is -2.41. The van der Waals surface area contributed by atoms with Gasteiger partial charge in [-0.15, -0.1) is 11.3 Å². The number of anilines is 1. The van der Waals surface area contributed by atoms with Gasteiger partial charge in [0.15, 0.2) is 5.13 Å². The number of thiazole rings is 1. The quantitative estimate of drug-likeness (QED) is 0.852. The van der Waals surface area contributed by atoms with Gasteiger partial charge in [0.05, 0.1) is 5.69 Å². The Morgan fingerprint density at radius 2 is 2.31 bits per heavy atom. The molecule has 88 valence electrons. The van der Waals surface area contributed by atoms with Crippen molar-refractivity contribution in [3.63, 3.8) is 0 Å². The van der Waals surface area contributed by atoms with Crippen LogP contribution in [-0.2, 0) is 0 Å². The monoisotopic (exact) mass is 239 g/mol. The maximum absolute atomic E-state index is 11.5. The van der Waals surface area contributed by atoms with Gasteiger partial charge in [-0.25, -0.2) is 9.78 Å². The predicted molar refractivity (Wildman–Crippen MR) is 66.0 cm³/mol. The van der Waals surface area contributed by atoms with Crippen molar-refractivity contribution in [1.29, 1.82) is 0 Å². The second-order valence-corrected chi connectivity index (χ2v) is 5.32. The van der Waals surface area contributed by atoms with Crippen LogP contribution < -0.4 is 10.6 Å². The number of hydrogen-bond acceptors (Lipinski definition) is 3. The van der Waals surface area contributed by atoms with E-state index in [1.165, 1.54) is 17.8 Å². The zero-order valence-electron chi connectivity index (χ0n) is 9.62. The van der Waals surface area contributed by atoms with E-state index in [1.807, 2.05) is 5.38 Å². The Labute approximate surface area is 99.5 Å². The fraction of sp³-hybridized carbons (Fsp3) is 0.636. The maximum Gasteiger partial charge on any atom is 0.321 e. The molecule has 0 radical (unpaired) electrons. The minimum atomic E-state index is -0.130. The van der Waals surface area contributed by atoms with Gasteiger partial charge in [0, 0.05) is 11.4 Å². The summed E-state index contributed by atoms with van der Waals surface area (Å²) in [6.45, 7) is 4.18. The molecule has 5 heteroatoms. The molecular formula is C11H17N3OS. The predicted octanol–water partition coefficient (Wildman–Crippen LogP) is 2.94. The first-order valence-electron chi connectivity index (χ1n) is 5.68. The number of hydrogen-bond donors (Lipinski definition) is 2. The number of nitrogens with zero attached hydrogens (tertiary/aromatic N) is 1. The normalized spacial score (nSPS) is 15.9. The van der Waals surface area contributed by atoms with Crippen LogP contribution in [0, 0.1) is 0 Å². The third kappa shape index (κ3) is 2.72. The van der Waals surface area contributed by atoms with Crippen LogP contribution in [-0.4, -0.2) is 17.1 Å². The zero-order chi connectivity index (χ0) is 11.5. The highest BCUT2D eigenvalue weighted by Crippen LogP contribution is 2.22. The molecule has 1 fully saturated rings. The molecule has 1 aromatic heterocycles. The smallest absolute Gasteiger partial charge is 0.321 e. The summed E-state index contributed by atoms with van der Waals surface area (Å²) < 4.78 is 0. The molecule has 1 aliphatic rings. The summed E-state index contributed by atoms with van der Waals surface area (Å²) in [4.78, 5) is 15.9. The van der Waals surface area contributed by atoms with E-state index in [-0.39, 0.29) is 6.03 Å². The summed E-state index contributed by atoms with van der Waals surface area (Å²) >= 11 is 1.48. The molecule has 0 bridgehead atoms. The SMILES string of the molecule is CC(C)c1csc(NC(=O)NC2CCC2)n1. The Balaban J connectivity index is 1.85. The van der Waals surface area contributed by atoms with E-state index in [0.29, 0.717) is 17.1 Å². The molecular weight excluding hydrogens is 222 g/mol. The fourth-order valence-electron chi connectivity index (χ4n) is 1.48. The van der Waals surface area contributed by atoms with Crippen molar-refractivity contribution in [1.82, 2.24) is 10.3 Å². The van der Waals surface area contributed by atoms with Crippen molar-refractivity contribution in [3.8, 4) is 0 Å². The topological polar surface area (TPSA) is 54.0 Å². The van der Waals surface area contributed by atoms with E-state index in [2.05, 4.69) is 29.5 Å². The Kier molecular flexibility index (Phi) is 3.43. The number of aromatic nitrogens is 1. The third-order valence-electron chi connectivity index (χ3n) is 2.77. The minimum Gasteiger partial charge on any atom is -0.335 e. The van der Waals surface area contributed by atoms with E-state index in [9.17, 15) is 4.79 Å². The van der Waals surface area contributed by atoms with Gasteiger partial charge in [-0.05, 0) is 25.2 Å². The average Bonchev–Trinajstić information content (AvgIpc) is 2.60. The lowest BCUT2D eigenvalue weighted by molar-refractivity contribution is 0.240. The molecule has 0 aliphatic heterocycles. The summed E-state index contributed by atoms with van der Waals surface area (Å²) in [5.41, 5.74) is 1.03. The van der Waals surface area contributed by atoms with Crippen LogP contribution in [0.3, 0.4) is 0 Å². The molecule has 2 rings (SSSR count). The Morgan fingerprint density at radius 1 is 1.56 bits per heavy atom. The summed E-state index contributed by atoms with van der Waals surface area (Å²) in [5, 5.41) is 8.36. The highest BCUT2D eigenvalue weighted by Gasteiger charge is 2.19. The van der Waals surface area contributed by atoms with Crippen molar-refractivity contribution < 1.29 is 4.79 Å². The third-order valence-corrected chi connectivity index (χ3v) is 3.55. The largest absolute Gasteiger partial charge is 0.335 e. The highest BCUT2D eigenvalue weighted by atomic mass is 32.1. The molecule has 16 heavy (non-hydrogen) atoms. The van der Waals surface area contributed by atoms with E-state index < -0.39 is 0 Å². The Hall–Kier alpha value is -1.10. The van der Waals surface area contributed by atoms with Gasteiger partial charge in [-0.3, -0.25) is 5.32 Å². The first-order chi connectivity index (χ1) is 7.65. The molecule has 0 aromatic carbocycles. The van der Waals surface area contributed by atoms with Crippen molar-refractivity contribution in [2.75, 3.05) is 5.32 Å². The summed E-state index contributed by atoms with van der Waals surface area (Å²) in [5.74, 6) is 0.404. The molecule has 0 saturated heterocycles. The number of rotatable bonds is 3. The molecule has 4 nitrogen and oxygen atoms in total. The molecule has 0 atom stereocenters. The lowest BCUT2D eigenvalue weighted by atomic mass is 9.93. The Morgan fingerprint density at radius 3 is 2.81 bits per heavy atom. The van der Waals surface area contributed by atoms with Gasteiger partial charge in [0.2, 0.25) is 0 Å². The maximum atomic E-state index is 11.5. The van der Waals surface area contributed by atoms with Gasteiger partial charge in [-0.1, -0.05) is 13.8 Å². The summed E-state index contributed by atoms with van der Waals surface area (Å²) in [7, 11) is 0. The van der Waals surface area contributed by atoms with Crippen LogP contribution in [0.1, 0.15) is 44.7 Å². The number of urea groups is 1. The molecule has 1 aliphatic carbocycles. The molecule has 0 unspecified atom stereocenters. The molecule has 1 saturated carbocycles. The van der Waals surface area contributed by atoms with Crippen molar-refractivity contribution in [3.05, 3.63) is 11.1 Å². The van der Waals surface area contributed by atoms with Gasteiger partial charge < -0.3 is 5.32 Å². The van der Waals surface area contributed by atoms with Gasteiger partial charge >= 0.3 is 6.03 Å². The standard InChI is InChI=1S/C11H17N3OS/c1-7(2)9-6-16-11(13-9)14-10(15)12-8-4-3-5-8/h6-8H,3-5H2,1-2H3,(H2,12,13,14,15). The Bertz CT molecular complexity index is 371. The van der Waals surface area contributed by atoms with Crippen molar-refractivity contribution >= 4 is 22.5 Å². The van der Waals surface area contributed by atoms with Crippen molar-refractivity contribution in [2.24, 2.45) is 0 Å². The summed E-state index contributed by atoms with van der Waals surface area (Å²) in [6.07, 6.45) is 3.42.